The third-order valence-electron chi connectivity index (χ3n) is 8.10. The normalized spacial score (nSPS) is 20.6. The maximum absolute atomic E-state index is 11.6. The Morgan fingerprint density at radius 2 is 1.55 bits per heavy atom. The topological polar surface area (TPSA) is 157 Å². The van der Waals surface area contributed by atoms with Crippen LogP contribution in [0.3, 0.4) is 0 Å². The minimum absolute atomic E-state index is 0. The molecule has 0 spiro atoms. The zero-order chi connectivity index (χ0) is 31.2. The van der Waals surface area contributed by atoms with Gasteiger partial charge in [-0.15, -0.1) is 17.1 Å². The number of rotatable bonds is 8. The molecule has 10 nitrogen and oxygen atoms in total. The number of carboxylic acid groups (broad SMARTS) is 2. The Kier molecular flexibility index (Phi) is 9.06. The number of allylic oxidation sites excluding steroid dienone is 5. The van der Waals surface area contributed by atoms with Crippen molar-refractivity contribution in [1.29, 1.82) is 0 Å². The molecule has 1 atom stereocenters. The maximum atomic E-state index is 11.6. The van der Waals surface area contributed by atoms with Crippen LogP contribution in [0, 0.1) is 6.92 Å². The molecule has 1 aromatic rings. The van der Waals surface area contributed by atoms with Crippen molar-refractivity contribution < 1.29 is 46.7 Å². The Morgan fingerprint density at radius 1 is 0.909 bits per heavy atom. The van der Waals surface area contributed by atoms with Crippen LogP contribution in [0.1, 0.15) is 62.5 Å². The molecule has 0 saturated heterocycles. The summed E-state index contributed by atoms with van der Waals surface area (Å²) in [6, 6.07) is 0. The molecule has 0 amide bonds. The molecule has 5 heterocycles. The summed E-state index contributed by atoms with van der Waals surface area (Å²) in [5, 5.41) is 35.0. The summed E-state index contributed by atoms with van der Waals surface area (Å²) in [6.07, 6.45) is 8.74. The summed E-state index contributed by atoms with van der Waals surface area (Å²) in [4.78, 5) is 37.4. The zero-order valence-corrected chi connectivity index (χ0v) is 25.9. The number of hydrogen-bond acceptors (Lipinski definition) is 6. The fraction of sp³-hybridized carbons (Fsp3) is 0.273. The number of fused-ring (bicyclic) bond motifs is 6. The largest absolute Gasteiger partial charge is 2.00 e. The molecule has 0 aromatic carbocycles. The average molecular weight is 636 g/mol. The van der Waals surface area contributed by atoms with Crippen LogP contribution < -0.4 is 4.98 Å². The van der Waals surface area contributed by atoms with Crippen molar-refractivity contribution in [1.82, 2.24) is 4.98 Å². The standard InChI is InChI=1S/C33H34N4O6.Fe/c1-7-20-16(3)26-13-24-17(4)22(9-11-30(38)39)27(34-24)15-28-23(10-12-31(40)41)18(5)25(35-28)14-29-21(8-2)19(6)33(42,37-29)43-32(20)36-26;/h7-8,13-15,42H,1-2,9-12H2,3-6H3,(H4,34,35,36,37,38,39,40,41);/q;+2/p-2. The van der Waals surface area contributed by atoms with Crippen LogP contribution in [-0.4, -0.2) is 44.8 Å². The monoisotopic (exact) mass is 636 g/mol. The third-order valence-corrected chi connectivity index (χ3v) is 8.10. The van der Waals surface area contributed by atoms with E-state index in [-0.39, 0.29) is 48.6 Å². The van der Waals surface area contributed by atoms with Crippen molar-refractivity contribution >= 4 is 35.7 Å². The van der Waals surface area contributed by atoms with Gasteiger partial charge in [0.25, 0.3) is 0 Å². The SMILES string of the molecule is C=CC1=C(C)C2=Cc3[n-]c(c(CCC(=O)O)c3C)C=C3N=C(C=C4[N-]C(O)(OC1=N2)C(C)=C4C=C)C(C)=C3CCC(=O)O.[Fe+2]. The predicted molar refractivity (Wildman–Crippen MR) is 164 cm³/mol. The first kappa shape index (κ1) is 32.5. The smallest absolute Gasteiger partial charge is 0.657 e. The number of aliphatic hydroxyl groups is 1. The summed E-state index contributed by atoms with van der Waals surface area (Å²) in [6.45, 7) is 15.1. The fourth-order valence-corrected chi connectivity index (χ4v) is 5.55. The molecular formula is C33H32FeN4O6. The summed E-state index contributed by atoms with van der Waals surface area (Å²) < 4.78 is 6.09. The van der Waals surface area contributed by atoms with E-state index >= 15 is 0 Å². The molecular weight excluding hydrogens is 604 g/mol. The number of carbonyl (C=O) groups is 2. The molecule has 1 aromatic heterocycles. The molecule has 4 aliphatic rings. The van der Waals surface area contributed by atoms with E-state index in [1.54, 1.807) is 37.3 Å². The summed E-state index contributed by atoms with van der Waals surface area (Å²) in [5.41, 5.74) is 8.50. The van der Waals surface area contributed by atoms with Crippen molar-refractivity contribution in [3.8, 4) is 0 Å². The van der Waals surface area contributed by atoms with E-state index in [1.165, 1.54) is 0 Å². The van der Waals surface area contributed by atoms with Crippen LogP contribution in [0.5, 0.6) is 0 Å². The van der Waals surface area contributed by atoms with Crippen molar-refractivity contribution in [3.05, 3.63) is 110 Å². The van der Waals surface area contributed by atoms with Gasteiger partial charge in [-0.25, -0.2) is 9.98 Å². The van der Waals surface area contributed by atoms with E-state index < -0.39 is 17.8 Å². The van der Waals surface area contributed by atoms with E-state index in [9.17, 15) is 24.9 Å². The van der Waals surface area contributed by atoms with Gasteiger partial charge in [0.15, 0.2) is 5.91 Å². The van der Waals surface area contributed by atoms with Crippen LogP contribution in [0.15, 0.2) is 91.9 Å². The molecule has 5 rings (SSSR count). The quantitative estimate of drug-likeness (QED) is 0.311. The van der Waals surface area contributed by atoms with Gasteiger partial charge in [-0.2, -0.15) is 0 Å². The first-order valence-electron chi connectivity index (χ1n) is 13.8. The van der Waals surface area contributed by atoms with Gasteiger partial charge < -0.3 is 30.4 Å². The number of hydrogen-bond donors (Lipinski definition) is 3. The van der Waals surface area contributed by atoms with Gasteiger partial charge in [-0.05, 0) is 68.4 Å². The second-order valence-electron chi connectivity index (χ2n) is 10.7. The van der Waals surface area contributed by atoms with Crippen molar-refractivity contribution in [2.24, 2.45) is 9.98 Å². The van der Waals surface area contributed by atoms with E-state index in [2.05, 4.69) is 23.5 Å². The minimum atomic E-state index is -2.07. The Bertz CT molecular complexity index is 1760. The fourth-order valence-electron chi connectivity index (χ4n) is 5.55. The predicted octanol–water partition coefficient (Wildman–Crippen LogP) is 5.65. The van der Waals surface area contributed by atoms with Crippen LogP contribution in [0.4, 0.5) is 0 Å². The average Bonchev–Trinajstić information content (AvgIpc) is 3.57. The molecule has 8 bridgehead atoms. The number of aromatic nitrogens is 1. The Labute approximate surface area is 265 Å². The van der Waals surface area contributed by atoms with Crippen LogP contribution >= 0.6 is 0 Å². The number of ether oxygens (including phenoxy) is 1. The van der Waals surface area contributed by atoms with Crippen molar-refractivity contribution in [3.63, 3.8) is 0 Å². The molecule has 0 aliphatic carbocycles. The minimum Gasteiger partial charge on any atom is -0.657 e. The molecule has 4 aliphatic heterocycles. The molecule has 0 saturated carbocycles. The van der Waals surface area contributed by atoms with Gasteiger partial charge in [-0.1, -0.05) is 54.7 Å². The number of aliphatic imine (C=N–C) groups is 2. The molecule has 228 valence electrons. The summed E-state index contributed by atoms with van der Waals surface area (Å²) >= 11 is 0. The first-order chi connectivity index (χ1) is 20.4. The number of aliphatic carboxylic acids is 2. The molecule has 0 fully saturated rings. The van der Waals surface area contributed by atoms with Gasteiger partial charge in [0, 0.05) is 18.4 Å². The third kappa shape index (κ3) is 5.74. The molecule has 44 heavy (non-hydrogen) atoms. The second-order valence-corrected chi connectivity index (χ2v) is 10.7. The van der Waals surface area contributed by atoms with Crippen molar-refractivity contribution in [2.45, 2.75) is 59.3 Å². The van der Waals surface area contributed by atoms with Gasteiger partial charge in [-0.3, -0.25) is 9.59 Å². The Hall–Kier alpha value is -4.44. The number of carboxylic acids is 2. The molecule has 1 unspecified atom stereocenters. The van der Waals surface area contributed by atoms with E-state index in [0.29, 0.717) is 50.9 Å². The van der Waals surface area contributed by atoms with Crippen LogP contribution in [-0.2, 0) is 37.8 Å². The van der Waals surface area contributed by atoms with Crippen molar-refractivity contribution in [2.75, 3.05) is 0 Å². The van der Waals surface area contributed by atoms with E-state index in [4.69, 9.17) is 14.7 Å². The van der Waals surface area contributed by atoms with Crippen LogP contribution in [0.25, 0.3) is 17.5 Å². The van der Waals surface area contributed by atoms with Crippen LogP contribution in [0.2, 0.25) is 0 Å². The van der Waals surface area contributed by atoms with Gasteiger partial charge in [0.1, 0.15) is 0 Å². The zero-order valence-electron chi connectivity index (χ0n) is 24.8. The van der Waals surface area contributed by atoms with E-state index in [0.717, 1.165) is 27.8 Å². The number of nitrogens with zero attached hydrogens (tertiary/aromatic N) is 4. The molecule has 11 heteroatoms. The summed E-state index contributed by atoms with van der Waals surface area (Å²) in [7, 11) is 0. The van der Waals surface area contributed by atoms with E-state index in [1.807, 2.05) is 20.8 Å². The Morgan fingerprint density at radius 3 is 2.18 bits per heavy atom. The molecule has 3 N–H and O–H groups in total. The Balaban J connectivity index is 0.00000442. The van der Waals surface area contributed by atoms with Gasteiger partial charge in [0.2, 0.25) is 5.90 Å². The van der Waals surface area contributed by atoms with Gasteiger partial charge in [0.05, 0.1) is 17.1 Å². The van der Waals surface area contributed by atoms with Gasteiger partial charge >= 0.3 is 29.0 Å². The summed E-state index contributed by atoms with van der Waals surface area (Å²) in [5.74, 6) is -3.80. The first-order valence-corrected chi connectivity index (χ1v) is 13.8. The molecule has 0 radical (unpaired) electrons. The second kappa shape index (κ2) is 12.3. The maximum Gasteiger partial charge on any atom is 2.00 e.